The van der Waals surface area contributed by atoms with E-state index in [0.717, 1.165) is 0 Å². The van der Waals surface area contributed by atoms with Crippen molar-refractivity contribution in [2.45, 2.75) is 13.5 Å². The number of nitrogens with one attached hydrogen (secondary N) is 1. The molecule has 0 fully saturated rings. The van der Waals surface area contributed by atoms with Crippen LogP contribution in [0, 0.1) is 6.92 Å². The number of pyridine rings is 1. The highest BCUT2D eigenvalue weighted by Crippen LogP contribution is 2.27. The Bertz CT molecular complexity index is 835. The monoisotopic (exact) mass is 380 g/mol. The summed E-state index contributed by atoms with van der Waals surface area (Å²) in [7, 11) is 3.09. The van der Waals surface area contributed by atoms with Crippen LogP contribution >= 0.6 is 11.6 Å². The number of nitrogens with zero attached hydrogens (tertiary/aromatic N) is 1. The third kappa shape index (κ3) is 5.00. The number of anilines is 1. The first-order valence-corrected chi connectivity index (χ1v) is 8.29. The van der Waals surface area contributed by atoms with Gasteiger partial charge in [-0.15, -0.1) is 0 Å². The lowest BCUT2D eigenvalue weighted by molar-refractivity contribution is -0.118. The zero-order chi connectivity index (χ0) is 19.1. The van der Waals surface area contributed by atoms with Gasteiger partial charge in [-0.2, -0.15) is 0 Å². The fourth-order valence-corrected chi connectivity index (χ4v) is 2.54. The zero-order valence-corrected chi connectivity index (χ0v) is 15.6. The molecule has 2 rings (SSSR count). The van der Waals surface area contributed by atoms with Gasteiger partial charge in [-0.1, -0.05) is 11.6 Å². The van der Waals surface area contributed by atoms with E-state index in [1.54, 1.807) is 38.4 Å². The molecule has 2 aromatic rings. The number of halogens is 1. The van der Waals surface area contributed by atoms with Gasteiger partial charge >= 0.3 is 0 Å². The lowest BCUT2D eigenvalue weighted by atomic mass is 10.3. The number of carbonyl (C=O) groups excluding carboxylic acids is 1. The topological polar surface area (TPSA) is 78.8 Å². The first kappa shape index (κ1) is 19.8. The number of ether oxygens (including phenoxy) is 3. The van der Waals surface area contributed by atoms with E-state index in [9.17, 15) is 9.59 Å². The number of hydrogen-bond acceptors (Lipinski definition) is 5. The molecule has 7 nitrogen and oxygen atoms in total. The van der Waals surface area contributed by atoms with Gasteiger partial charge in [0.15, 0.2) is 12.4 Å². The minimum absolute atomic E-state index is 0.136. The first-order valence-electron chi connectivity index (χ1n) is 7.91. The van der Waals surface area contributed by atoms with Crippen LogP contribution in [-0.2, 0) is 16.1 Å². The van der Waals surface area contributed by atoms with Gasteiger partial charge in [-0.3, -0.25) is 9.59 Å². The van der Waals surface area contributed by atoms with E-state index in [1.807, 2.05) is 4.57 Å². The predicted octanol–water partition coefficient (Wildman–Crippen LogP) is 2.48. The van der Waals surface area contributed by atoms with Crippen LogP contribution in [0.3, 0.4) is 0 Å². The summed E-state index contributed by atoms with van der Waals surface area (Å²) in [6.07, 6.45) is 1.67. The molecule has 1 aromatic carbocycles. The fraction of sp³-hybridized carbons (Fsp3) is 0.333. The van der Waals surface area contributed by atoms with Crippen LogP contribution in [0.15, 0.2) is 35.3 Å². The lowest BCUT2D eigenvalue weighted by Crippen LogP contribution is -2.24. The van der Waals surface area contributed by atoms with E-state index in [4.69, 9.17) is 25.8 Å². The molecule has 140 valence electrons. The van der Waals surface area contributed by atoms with Gasteiger partial charge in [0.2, 0.25) is 5.43 Å². The van der Waals surface area contributed by atoms with Crippen molar-refractivity contribution < 1.29 is 19.0 Å². The van der Waals surface area contributed by atoms with Crippen molar-refractivity contribution in [3.63, 3.8) is 0 Å². The van der Waals surface area contributed by atoms with Crippen LogP contribution in [0.4, 0.5) is 5.69 Å². The molecular weight excluding hydrogens is 360 g/mol. The molecule has 0 aliphatic heterocycles. The lowest BCUT2D eigenvalue weighted by Gasteiger charge is -2.15. The molecule has 0 aliphatic rings. The summed E-state index contributed by atoms with van der Waals surface area (Å²) >= 11 is 5.94. The molecule has 0 bridgehead atoms. The Balaban J connectivity index is 2.08. The number of rotatable bonds is 8. The quantitative estimate of drug-likeness (QED) is 0.761. The highest BCUT2D eigenvalue weighted by molar-refractivity contribution is 6.31. The van der Waals surface area contributed by atoms with Crippen LogP contribution < -0.4 is 20.2 Å². The molecule has 1 amide bonds. The van der Waals surface area contributed by atoms with Gasteiger partial charge in [-0.25, -0.2) is 0 Å². The average Bonchev–Trinajstić information content (AvgIpc) is 2.61. The van der Waals surface area contributed by atoms with E-state index < -0.39 is 5.91 Å². The van der Waals surface area contributed by atoms with E-state index >= 15 is 0 Å². The van der Waals surface area contributed by atoms with Crippen LogP contribution in [-0.4, -0.2) is 37.9 Å². The molecule has 1 N–H and O–H groups in total. The molecule has 8 heteroatoms. The molecule has 0 spiro atoms. The van der Waals surface area contributed by atoms with Crippen molar-refractivity contribution in [1.29, 1.82) is 0 Å². The van der Waals surface area contributed by atoms with Gasteiger partial charge in [0.25, 0.3) is 5.91 Å². The Morgan fingerprint density at radius 2 is 2.04 bits per heavy atom. The minimum atomic E-state index is -0.434. The highest BCUT2D eigenvalue weighted by Gasteiger charge is 2.13. The number of methoxy groups -OCH3 is 2. The third-order valence-electron chi connectivity index (χ3n) is 3.71. The van der Waals surface area contributed by atoms with Crippen LogP contribution in [0.1, 0.15) is 5.69 Å². The molecule has 0 unspecified atom stereocenters. The fourth-order valence-electron chi connectivity index (χ4n) is 2.36. The van der Waals surface area contributed by atoms with Gasteiger partial charge in [0.1, 0.15) is 5.75 Å². The molecule has 1 aromatic heterocycles. The van der Waals surface area contributed by atoms with Crippen molar-refractivity contribution in [1.82, 2.24) is 4.57 Å². The predicted molar refractivity (Wildman–Crippen MR) is 99.4 cm³/mol. The van der Waals surface area contributed by atoms with Gasteiger partial charge in [0.05, 0.1) is 25.1 Å². The van der Waals surface area contributed by atoms with E-state index in [-0.39, 0.29) is 17.8 Å². The van der Waals surface area contributed by atoms with E-state index in [1.165, 1.54) is 13.2 Å². The van der Waals surface area contributed by atoms with Crippen molar-refractivity contribution in [3.8, 4) is 11.5 Å². The Morgan fingerprint density at radius 3 is 2.73 bits per heavy atom. The normalized spacial score (nSPS) is 10.5. The Hall–Kier alpha value is -2.51. The second kappa shape index (κ2) is 9.26. The maximum atomic E-state index is 12.2. The third-order valence-corrected chi connectivity index (χ3v) is 3.94. The molecule has 1 heterocycles. The Kier molecular flexibility index (Phi) is 7.06. The summed E-state index contributed by atoms with van der Waals surface area (Å²) in [4.78, 5) is 24.2. The summed E-state index contributed by atoms with van der Waals surface area (Å²) in [5.41, 5.74) is 0.767. The van der Waals surface area contributed by atoms with Gasteiger partial charge in [-0.05, 0) is 25.1 Å². The van der Waals surface area contributed by atoms with Crippen LogP contribution in [0.5, 0.6) is 11.5 Å². The number of carbonyl (C=O) groups is 1. The standard InChI is InChI=1S/C18H21ClN2O5/c1-12-18(15(22)6-7-21(12)8-9-24-2)26-11-17(23)20-14-10-13(19)4-5-16(14)25-3/h4-7,10H,8-9,11H2,1-3H3,(H,20,23). The summed E-state index contributed by atoms with van der Waals surface area (Å²) in [5, 5.41) is 3.12. The summed E-state index contributed by atoms with van der Waals surface area (Å²) < 4.78 is 17.5. The average molecular weight is 381 g/mol. The summed E-state index contributed by atoms with van der Waals surface area (Å²) in [6, 6.07) is 6.27. The van der Waals surface area contributed by atoms with Gasteiger partial charge in [0, 0.05) is 30.9 Å². The number of benzene rings is 1. The summed E-state index contributed by atoms with van der Waals surface area (Å²) in [5.74, 6) is 0.175. The number of hydrogen-bond donors (Lipinski definition) is 1. The maximum absolute atomic E-state index is 12.2. The zero-order valence-electron chi connectivity index (χ0n) is 14.9. The maximum Gasteiger partial charge on any atom is 0.262 e. The first-order chi connectivity index (χ1) is 12.5. The SMILES string of the molecule is COCCn1ccc(=O)c(OCC(=O)Nc2cc(Cl)ccc2OC)c1C. The smallest absolute Gasteiger partial charge is 0.262 e. The van der Waals surface area contributed by atoms with Crippen LogP contribution in [0.25, 0.3) is 0 Å². The molecule has 26 heavy (non-hydrogen) atoms. The highest BCUT2D eigenvalue weighted by atomic mass is 35.5. The van der Waals surface area contributed by atoms with Crippen molar-refractivity contribution in [2.24, 2.45) is 0 Å². The number of aromatic nitrogens is 1. The Morgan fingerprint density at radius 1 is 1.27 bits per heavy atom. The minimum Gasteiger partial charge on any atom is -0.495 e. The second-order valence-corrected chi connectivity index (χ2v) is 5.90. The summed E-state index contributed by atoms with van der Waals surface area (Å²) in [6.45, 7) is 2.51. The van der Waals surface area contributed by atoms with Crippen molar-refractivity contribution >= 4 is 23.2 Å². The largest absolute Gasteiger partial charge is 0.495 e. The van der Waals surface area contributed by atoms with Crippen molar-refractivity contribution in [3.05, 3.63) is 51.4 Å². The molecule has 0 saturated carbocycles. The Labute approximate surface area is 156 Å². The van der Waals surface area contributed by atoms with Gasteiger partial charge < -0.3 is 24.1 Å². The second-order valence-electron chi connectivity index (χ2n) is 5.46. The number of amides is 1. The van der Waals surface area contributed by atoms with Crippen LogP contribution in [0.2, 0.25) is 5.02 Å². The molecule has 0 saturated heterocycles. The molecule has 0 atom stereocenters. The molecule has 0 aliphatic carbocycles. The van der Waals surface area contributed by atoms with E-state index in [2.05, 4.69) is 5.32 Å². The van der Waals surface area contributed by atoms with E-state index in [0.29, 0.717) is 35.3 Å². The molecular formula is C18H21ClN2O5. The molecule has 0 radical (unpaired) electrons. The van der Waals surface area contributed by atoms with Crippen molar-refractivity contribution in [2.75, 3.05) is 32.8 Å².